The van der Waals surface area contributed by atoms with E-state index in [0.29, 0.717) is 6.61 Å². The van der Waals surface area contributed by atoms with E-state index in [4.69, 9.17) is 11.6 Å². The Morgan fingerprint density at radius 2 is 2.06 bits per heavy atom. The molecule has 2 nitrogen and oxygen atoms in total. The topological polar surface area (TPSA) is 32.3 Å². The van der Waals surface area contributed by atoms with Crippen LogP contribution in [0.4, 0.5) is 0 Å². The van der Waals surface area contributed by atoms with Gasteiger partial charge in [0, 0.05) is 30.1 Å². The maximum atomic E-state index is 9.54. The number of hydrogen-bond donors (Lipinski definition) is 2. The zero-order valence-corrected chi connectivity index (χ0v) is 11.8. The molecule has 0 heterocycles. The molecule has 1 saturated carbocycles. The van der Waals surface area contributed by atoms with Crippen molar-refractivity contribution in [2.24, 2.45) is 5.41 Å². The summed E-state index contributed by atoms with van der Waals surface area (Å²) in [5, 5.41) is 13.8. The first kappa shape index (κ1) is 13.9. The first-order valence-corrected chi connectivity index (χ1v) is 7.10. The Bertz CT molecular complexity index is 399. The highest BCUT2D eigenvalue weighted by Crippen LogP contribution is 2.37. The van der Waals surface area contributed by atoms with Crippen LogP contribution in [0.25, 0.3) is 0 Å². The molecule has 2 N–H and O–H groups in total. The molecule has 0 unspecified atom stereocenters. The van der Waals surface area contributed by atoms with Gasteiger partial charge in [0.25, 0.3) is 0 Å². The first-order chi connectivity index (χ1) is 8.65. The predicted molar refractivity (Wildman–Crippen MR) is 75.9 cm³/mol. The number of aliphatic hydroxyl groups is 1. The second-order valence-electron chi connectivity index (χ2n) is 5.56. The highest BCUT2D eigenvalue weighted by molar-refractivity contribution is 6.31. The molecule has 0 spiro atoms. The van der Waals surface area contributed by atoms with Crippen LogP contribution in [0, 0.1) is 12.3 Å². The summed E-state index contributed by atoms with van der Waals surface area (Å²) in [6, 6.07) is 6.15. The molecular weight excluding hydrogens is 246 g/mol. The molecule has 0 saturated heterocycles. The number of rotatable bonds is 5. The van der Waals surface area contributed by atoms with E-state index in [-0.39, 0.29) is 5.41 Å². The summed E-state index contributed by atoms with van der Waals surface area (Å²) in [7, 11) is 0. The van der Waals surface area contributed by atoms with Gasteiger partial charge in [0.2, 0.25) is 0 Å². The highest BCUT2D eigenvalue weighted by Gasteiger charge is 2.32. The Kier molecular flexibility index (Phi) is 4.66. The maximum Gasteiger partial charge on any atom is 0.0499 e. The molecule has 18 heavy (non-hydrogen) atoms. The van der Waals surface area contributed by atoms with Crippen molar-refractivity contribution in [1.29, 1.82) is 0 Å². The van der Waals surface area contributed by atoms with Gasteiger partial charge in [-0.05, 0) is 37.0 Å². The lowest BCUT2D eigenvalue weighted by Crippen LogP contribution is -2.34. The van der Waals surface area contributed by atoms with Crippen molar-refractivity contribution >= 4 is 11.6 Å². The zero-order chi connectivity index (χ0) is 13.0. The summed E-state index contributed by atoms with van der Waals surface area (Å²) >= 11 is 6.20. The number of aliphatic hydroxyl groups excluding tert-OH is 1. The van der Waals surface area contributed by atoms with E-state index in [9.17, 15) is 5.11 Å². The Labute approximate surface area is 114 Å². The zero-order valence-electron chi connectivity index (χ0n) is 11.0. The number of benzene rings is 1. The van der Waals surface area contributed by atoms with Crippen molar-refractivity contribution in [1.82, 2.24) is 5.32 Å². The van der Waals surface area contributed by atoms with Crippen LogP contribution in [0.1, 0.15) is 36.8 Å². The van der Waals surface area contributed by atoms with Crippen LogP contribution in [0.2, 0.25) is 5.02 Å². The minimum atomic E-state index is 0.108. The van der Waals surface area contributed by atoms with Crippen molar-refractivity contribution in [2.75, 3.05) is 13.2 Å². The summed E-state index contributed by atoms with van der Waals surface area (Å²) in [5.74, 6) is 0. The fourth-order valence-electron chi connectivity index (χ4n) is 2.77. The van der Waals surface area contributed by atoms with Gasteiger partial charge in [-0.15, -0.1) is 0 Å². The number of hydrogen-bond acceptors (Lipinski definition) is 2. The first-order valence-electron chi connectivity index (χ1n) is 6.72. The van der Waals surface area contributed by atoms with Crippen LogP contribution in [-0.2, 0) is 6.54 Å². The van der Waals surface area contributed by atoms with Crippen molar-refractivity contribution in [3.8, 4) is 0 Å². The Balaban J connectivity index is 1.88. The Hall–Kier alpha value is -0.570. The third kappa shape index (κ3) is 3.25. The van der Waals surface area contributed by atoms with Gasteiger partial charge in [0.05, 0.1) is 0 Å². The number of halogens is 1. The average molecular weight is 268 g/mol. The SMILES string of the molecule is Cc1ccc(CNCC2(CO)CCCC2)c(Cl)c1. The fraction of sp³-hybridized carbons (Fsp3) is 0.600. The van der Waals surface area contributed by atoms with Crippen LogP contribution < -0.4 is 5.32 Å². The monoisotopic (exact) mass is 267 g/mol. The van der Waals surface area contributed by atoms with E-state index in [1.807, 2.05) is 13.0 Å². The summed E-state index contributed by atoms with van der Waals surface area (Å²) in [6.45, 7) is 4.00. The molecule has 1 aliphatic carbocycles. The third-order valence-corrected chi connectivity index (χ3v) is 4.38. The van der Waals surface area contributed by atoms with E-state index < -0.39 is 0 Å². The lowest BCUT2D eigenvalue weighted by molar-refractivity contribution is 0.128. The van der Waals surface area contributed by atoms with Crippen LogP contribution in [0.15, 0.2) is 18.2 Å². The quantitative estimate of drug-likeness (QED) is 0.858. The van der Waals surface area contributed by atoms with E-state index in [1.54, 1.807) is 0 Å². The molecule has 0 aliphatic heterocycles. The van der Waals surface area contributed by atoms with Crippen molar-refractivity contribution < 1.29 is 5.11 Å². The van der Waals surface area contributed by atoms with Crippen molar-refractivity contribution in [3.05, 3.63) is 34.3 Å². The molecule has 0 radical (unpaired) electrons. The van der Waals surface area contributed by atoms with E-state index in [0.717, 1.165) is 36.5 Å². The fourth-order valence-corrected chi connectivity index (χ4v) is 3.08. The van der Waals surface area contributed by atoms with Gasteiger partial charge in [-0.1, -0.05) is 36.6 Å². The maximum absolute atomic E-state index is 9.54. The smallest absolute Gasteiger partial charge is 0.0499 e. The predicted octanol–water partition coefficient (Wildman–Crippen LogP) is 3.29. The summed E-state index contributed by atoms with van der Waals surface area (Å²) in [6.07, 6.45) is 4.76. The van der Waals surface area contributed by atoms with Gasteiger partial charge in [-0.2, -0.15) is 0 Å². The van der Waals surface area contributed by atoms with E-state index >= 15 is 0 Å². The van der Waals surface area contributed by atoms with Crippen LogP contribution >= 0.6 is 11.6 Å². The van der Waals surface area contributed by atoms with Gasteiger partial charge >= 0.3 is 0 Å². The van der Waals surface area contributed by atoms with Crippen molar-refractivity contribution in [3.63, 3.8) is 0 Å². The lowest BCUT2D eigenvalue weighted by atomic mass is 9.87. The Morgan fingerprint density at radius 1 is 1.33 bits per heavy atom. The minimum Gasteiger partial charge on any atom is -0.396 e. The number of aryl methyl sites for hydroxylation is 1. The Morgan fingerprint density at radius 3 is 2.67 bits per heavy atom. The molecule has 100 valence electrons. The molecule has 1 aromatic carbocycles. The molecule has 0 amide bonds. The van der Waals surface area contributed by atoms with Crippen LogP contribution in [-0.4, -0.2) is 18.3 Å². The van der Waals surface area contributed by atoms with Gasteiger partial charge in [-0.3, -0.25) is 0 Å². The summed E-state index contributed by atoms with van der Waals surface area (Å²) in [5.41, 5.74) is 2.43. The molecule has 3 heteroatoms. The molecule has 0 atom stereocenters. The van der Waals surface area contributed by atoms with E-state index in [1.165, 1.54) is 18.4 Å². The lowest BCUT2D eigenvalue weighted by Gasteiger charge is -2.26. The standard InChI is InChI=1S/C15H22ClNO/c1-12-4-5-13(14(16)8-12)9-17-10-15(11-18)6-2-3-7-15/h4-5,8,17-18H,2-3,6-7,9-11H2,1H3. The van der Waals surface area contributed by atoms with Gasteiger partial charge < -0.3 is 10.4 Å². The van der Waals surface area contributed by atoms with Gasteiger partial charge in [0.1, 0.15) is 0 Å². The highest BCUT2D eigenvalue weighted by atomic mass is 35.5. The molecule has 0 bridgehead atoms. The minimum absolute atomic E-state index is 0.108. The molecule has 1 fully saturated rings. The van der Waals surface area contributed by atoms with Crippen molar-refractivity contribution in [2.45, 2.75) is 39.2 Å². The average Bonchev–Trinajstić information content (AvgIpc) is 2.81. The van der Waals surface area contributed by atoms with Crippen LogP contribution in [0.5, 0.6) is 0 Å². The van der Waals surface area contributed by atoms with E-state index in [2.05, 4.69) is 17.4 Å². The molecular formula is C15H22ClNO. The number of nitrogens with one attached hydrogen (secondary N) is 1. The van der Waals surface area contributed by atoms with Crippen LogP contribution in [0.3, 0.4) is 0 Å². The molecule has 1 aromatic rings. The second kappa shape index (κ2) is 6.05. The van der Waals surface area contributed by atoms with Gasteiger partial charge in [0.15, 0.2) is 0 Å². The molecule has 0 aromatic heterocycles. The molecule has 1 aliphatic rings. The molecule has 2 rings (SSSR count). The summed E-state index contributed by atoms with van der Waals surface area (Å²) in [4.78, 5) is 0. The normalized spacial score (nSPS) is 18.2. The largest absolute Gasteiger partial charge is 0.396 e. The van der Waals surface area contributed by atoms with Gasteiger partial charge in [-0.25, -0.2) is 0 Å². The third-order valence-electron chi connectivity index (χ3n) is 4.02. The second-order valence-corrected chi connectivity index (χ2v) is 5.97. The summed E-state index contributed by atoms with van der Waals surface area (Å²) < 4.78 is 0.